The van der Waals surface area contributed by atoms with Crippen LogP contribution in [0.25, 0.3) is 5.82 Å². The average Bonchev–Trinajstić information content (AvgIpc) is 3.09. The highest BCUT2D eigenvalue weighted by Crippen LogP contribution is 2.22. The molecule has 3 rings (SSSR count). The van der Waals surface area contributed by atoms with Gasteiger partial charge in [-0.2, -0.15) is 4.68 Å². The number of rotatable bonds is 4. The van der Waals surface area contributed by atoms with E-state index in [0.29, 0.717) is 11.7 Å². The molecule has 0 amide bonds. The monoisotopic (exact) mass is 403 g/mol. The van der Waals surface area contributed by atoms with Gasteiger partial charge in [0.2, 0.25) is 5.88 Å². The van der Waals surface area contributed by atoms with Crippen LogP contribution in [0, 0.1) is 3.57 Å². The van der Waals surface area contributed by atoms with Gasteiger partial charge in [0.05, 0.1) is 0 Å². The van der Waals surface area contributed by atoms with E-state index in [1.54, 1.807) is 10.6 Å². The third-order valence-electron chi connectivity index (χ3n) is 2.93. The lowest BCUT2D eigenvalue weighted by Gasteiger charge is -2.06. The molecule has 0 radical (unpaired) electrons. The first kappa shape index (κ1) is 12.6. The number of aryl methyl sites for hydroxylation is 2. The van der Waals surface area contributed by atoms with Gasteiger partial charge in [0.1, 0.15) is 12.4 Å². The summed E-state index contributed by atoms with van der Waals surface area (Å²) in [5, 5.41) is 12.3. The highest BCUT2D eigenvalue weighted by atomic mass is 127. The minimum atomic E-state index is -0.339. The number of tetrazole rings is 1. The second-order valence-corrected chi connectivity index (χ2v) is 5.51. The Morgan fingerprint density at radius 2 is 2.29 bits per heavy atom. The molecule has 0 unspecified atom stereocenters. The fourth-order valence-electron chi connectivity index (χ4n) is 1.93. The van der Waals surface area contributed by atoms with Crippen molar-refractivity contribution in [2.24, 2.45) is 14.1 Å². The summed E-state index contributed by atoms with van der Waals surface area (Å²) in [6.45, 7) is 0.203. The highest BCUT2D eigenvalue weighted by Gasteiger charge is 2.19. The van der Waals surface area contributed by atoms with Crippen molar-refractivity contribution in [1.82, 2.24) is 34.5 Å². The lowest BCUT2D eigenvalue weighted by Crippen LogP contribution is -2.24. The van der Waals surface area contributed by atoms with Crippen molar-refractivity contribution in [2.75, 3.05) is 0 Å². The predicted molar refractivity (Wildman–Crippen MR) is 81.2 cm³/mol. The van der Waals surface area contributed by atoms with E-state index in [1.807, 2.05) is 13.2 Å². The number of aromatic nitrogens is 7. The van der Waals surface area contributed by atoms with Crippen molar-refractivity contribution < 1.29 is 6.15 Å². The Morgan fingerprint density at radius 1 is 1.48 bits per heavy atom. The van der Waals surface area contributed by atoms with E-state index in [-0.39, 0.29) is 12.3 Å². The van der Waals surface area contributed by atoms with E-state index in [2.05, 4.69) is 38.1 Å². The Hall–Kier alpha value is -2.11. The minimum absolute atomic E-state index is 0.203. The number of halogens is 1. The van der Waals surface area contributed by atoms with Crippen LogP contribution in [0.2, 0.25) is 1.41 Å². The van der Waals surface area contributed by atoms with Crippen LogP contribution in [-0.2, 0) is 20.7 Å². The van der Waals surface area contributed by atoms with Gasteiger partial charge < -0.3 is 9.30 Å². The predicted octanol–water partition coefficient (Wildman–Crippen LogP) is 0.211. The molecule has 10 heteroatoms. The Morgan fingerprint density at radius 3 is 2.90 bits per heavy atom. The number of ether oxygens (including phenoxy) is 1. The van der Waals surface area contributed by atoms with Gasteiger partial charge in [-0.25, -0.2) is 4.79 Å². The van der Waals surface area contributed by atoms with Crippen LogP contribution in [0.3, 0.4) is 0 Å². The van der Waals surface area contributed by atoms with Crippen LogP contribution in [0.4, 0.5) is 0 Å². The summed E-state index contributed by atoms with van der Waals surface area (Å²) in [6, 6.07) is 1.59. The first-order valence-corrected chi connectivity index (χ1v) is 7.06. The van der Waals surface area contributed by atoms with Gasteiger partial charge >= 0.3 is 5.69 Å². The molecule has 0 aliphatic carbocycles. The van der Waals surface area contributed by atoms with Gasteiger partial charge in [0.25, 0.3) is 0 Å². The van der Waals surface area contributed by atoms with E-state index < -0.39 is 0 Å². The minimum Gasteiger partial charge on any atom is -0.472 e. The normalized spacial score (nSPS) is 11.7. The summed E-state index contributed by atoms with van der Waals surface area (Å²) in [4.78, 5) is 12.1. The molecule has 0 saturated heterocycles. The zero-order valence-corrected chi connectivity index (χ0v) is 13.4. The summed E-state index contributed by atoms with van der Waals surface area (Å²) in [5.41, 5.74) is 0.458. The van der Waals surface area contributed by atoms with Crippen LogP contribution in [0.1, 0.15) is 5.56 Å². The van der Waals surface area contributed by atoms with Gasteiger partial charge in [-0.15, -0.1) is 9.78 Å². The van der Waals surface area contributed by atoms with Gasteiger partial charge in [-0.3, -0.25) is 5.09 Å². The smallest absolute Gasteiger partial charge is 0.369 e. The van der Waals surface area contributed by atoms with Crippen LogP contribution in [-0.4, -0.2) is 34.5 Å². The van der Waals surface area contributed by atoms with E-state index in [9.17, 15) is 4.79 Å². The fraction of sp³-hybridized carbons (Fsp3) is 0.273. The highest BCUT2D eigenvalue weighted by molar-refractivity contribution is 14.1. The van der Waals surface area contributed by atoms with Crippen molar-refractivity contribution in [3.8, 4) is 11.7 Å². The summed E-state index contributed by atoms with van der Waals surface area (Å²) in [6.07, 6.45) is 3.35. The molecule has 3 aromatic heterocycles. The molecule has 0 aliphatic rings. The van der Waals surface area contributed by atoms with E-state index in [4.69, 9.17) is 6.15 Å². The average molecular weight is 403 g/mol. The first-order chi connectivity index (χ1) is 10.5. The molecule has 1 N–H and O–H groups in total. The maximum absolute atomic E-state index is 12.1. The maximum atomic E-state index is 12.1. The van der Waals surface area contributed by atoms with Gasteiger partial charge in [-0.1, -0.05) is 0 Å². The number of aromatic amines is 1. The molecule has 0 atom stereocenters. The van der Waals surface area contributed by atoms with E-state index in [0.717, 1.165) is 18.9 Å². The van der Waals surface area contributed by atoms with Crippen molar-refractivity contribution in [2.45, 2.75) is 6.61 Å². The largest absolute Gasteiger partial charge is 0.472 e. The van der Waals surface area contributed by atoms with Crippen LogP contribution < -0.4 is 10.4 Å². The molecule has 21 heavy (non-hydrogen) atoms. The summed E-state index contributed by atoms with van der Waals surface area (Å²) in [5.74, 6) is 0.930. The number of hydrogen-bond acceptors (Lipinski definition) is 5. The van der Waals surface area contributed by atoms with Crippen LogP contribution >= 0.6 is 22.6 Å². The van der Waals surface area contributed by atoms with Gasteiger partial charge in [0, 0.05) is 41.7 Å². The summed E-state index contributed by atoms with van der Waals surface area (Å²) in [7, 11) is 3.36. The molecular weight excluding hydrogens is 389 g/mol. The zero-order chi connectivity index (χ0) is 15.9. The lowest BCUT2D eigenvalue weighted by molar-refractivity contribution is 0.292. The Bertz CT molecular complexity index is 878. The number of H-pyrrole nitrogens is 1. The van der Waals surface area contributed by atoms with Crippen LogP contribution in [0.5, 0.6) is 5.88 Å². The number of hydrogen-bond donors (Lipinski definition) is 1. The molecule has 0 fully saturated rings. The zero-order valence-electron chi connectivity index (χ0n) is 12.3. The SMILES string of the molecule is [3H]n1ccc(OCc2c(I)cn(C)c2-n2nnn(C)c2=O)n1. The molecular formula is C11H12IN7O2. The van der Waals surface area contributed by atoms with Crippen molar-refractivity contribution >= 4 is 22.6 Å². The summed E-state index contributed by atoms with van der Waals surface area (Å²) >= 11 is 2.17. The van der Waals surface area contributed by atoms with Gasteiger partial charge in [0.15, 0.2) is 1.41 Å². The standard InChI is InChI=1S/C11H12IN7O2/c1-17-5-8(12)7(6-21-9-3-4-13-14-9)10(17)19-11(20)18(2)15-16-19/h3-5H,6H2,1-2H3,(H,13,14)/i/hT. The molecule has 0 saturated carbocycles. The molecule has 3 heterocycles. The van der Waals surface area contributed by atoms with Crippen molar-refractivity contribution in [1.29, 1.82) is 0 Å². The quantitative estimate of drug-likeness (QED) is 0.629. The molecule has 3 aromatic rings. The Labute approximate surface area is 134 Å². The third-order valence-corrected chi connectivity index (χ3v) is 3.86. The Balaban J connectivity index is 1.97. The van der Waals surface area contributed by atoms with Gasteiger partial charge in [-0.05, 0) is 33.0 Å². The lowest BCUT2D eigenvalue weighted by atomic mass is 10.3. The molecule has 9 nitrogen and oxygen atoms in total. The molecule has 110 valence electrons. The molecule has 0 spiro atoms. The topological polar surface area (TPSA) is 95.5 Å². The van der Waals surface area contributed by atoms with Crippen molar-refractivity contribution in [3.05, 3.63) is 38.1 Å². The number of nitrogens with one attached hydrogen (secondary N) is 1. The van der Waals surface area contributed by atoms with E-state index in [1.165, 1.54) is 17.9 Å². The first-order valence-electron chi connectivity index (χ1n) is 6.43. The van der Waals surface area contributed by atoms with Crippen molar-refractivity contribution in [3.63, 3.8) is 0 Å². The fourth-order valence-corrected chi connectivity index (χ4v) is 2.74. The third kappa shape index (κ3) is 2.46. The number of nitrogens with zero attached hydrogens (tertiary/aromatic N) is 6. The molecule has 0 aromatic carbocycles. The van der Waals surface area contributed by atoms with Crippen LogP contribution in [0.15, 0.2) is 23.3 Å². The summed E-state index contributed by atoms with van der Waals surface area (Å²) < 4.78 is 18.0. The second kappa shape index (κ2) is 5.35. The van der Waals surface area contributed by atoms with E-state index >= 15 is 0 Å². The maximum Gasteiger partial charge on any atom is 0.369 e. The molecule has 0 aliphatic heterocycles. The Kier molecular flexibility index (Phi) is 3.21. The molecule has 0 bridgehead atoms. The second-order valence-electron chi connectivity index (χ2n) is 4.35.